The van der Waals surface area contributed by atoms with E-state index < -0.39 is 11.5 Å². The fourth-order valence-corrected chi connectivity index (χ4v) is 2.77. The summed E-state index contributed by atoms with van der Waals surface area (Å²) in [5, 5.41) is 13.0. The molecule has 17 heavy (non-hydrogen) atoms. The Labute approximate surface area is 101 Å². The Kier molecular flexibility index (Phi) is 2.26. The Hall–Kier alpha value is -1.35. The number of carboxylic acids is 1. The number of hydrogen-bond acceptors (Lipinski definition) is 2. The number of hydrogen-bond donors (Lipinski definition) is 2. The predicted octanol–water partition coefficient (Wildman–Crippen LogP) is 1.97. The Bertz CT molecular complexity index is 479. The number of nitrogens with one attached hydrogen (secondary N) is 1. The molecule has 3 nitrogen and oxygen atoms in total. The van der Waals surface area contributed by atoms with Crippen molar-refractivity contribution in [2.45, 2.75) is 44.2 Å². The number of carboxylic acid groups (broad SMARTS) is 1. The third kappa shape index (κ3) is 1.65. The van der Waals surface area contributed by atoms with Crippen molar-refractivity contribution in [1.82, 2.24) is 5.32 Å². The fraction of sp³-hybridized carbons (Fsp3) is 0.500. The molecule has 0 aromatic heterocycles. The van der Waals surface area contributed by atoms with E-state index in [1.807, 2.05) is 13.0 Å². The van der Waals surface area contributed by atoms with E-state index in [-0.39, 0.29) is 0 Å². The molecule has 0 saturated heterocycles. The van der Waals surface area contributed by atoms with E-state index >= 15 is 0 Å². The van der Waals surface area contributed by atoms with Gasteiger partial charge < -0.3 is 5.11 Å². The largest absolute Gasteiger partial charge is 0.480 e. The van der Waals surface area contributed by atoms with Crippen molar-refractivity contribution in [3.8, 4) is 0 Å². The lowest BCUT2D eigenvalue weighted by Crippen LogP contribution is -2.48. The van der Waals surface area contributed by atoms with Gasteiger partial charge in [-0.1, -0.05) is 23.8 Å². The van der Waals surface area contributed by atoms with Crippen LogP contribution in [0.2, 0.25) is 0 Å². The lowest BCUT2D eigenvalue weighted by molar-refractivity contribution is -0.145. The van der Waals surface area contributed by atoms with Crippen LogP contribution in [0.1, 0.15) is 36.0 Å². The highest BCUT2D eigenvalue weighted by molar-refractivity contribution is 5.83. The zero-order valence-electron chi connectivity index (χ0n) is 9.99. The van der Waals surface area contributed by atoms with Gasteiger partial charge in [0.15, 0.2) is 0 Å². The molecule has 3 heteroatoms. The maximum absolute atomic E-state index is 11.7. The molecular formula is C14H17NO2. The first-order valence-corrected chi connectivity index (χ1v) is 6.23. The van der Waals surface area contributed by atoms with Crippen molar-refractivity contribution in [3.63, 3.8) is 0 Å². The van der Waals surface area contributed by atoms with Crippen LogP contribution < -0.4 is 5.32 Å². The van der Waals surface area contributed by atoms with Gasteiger partial charge in [-0.05, 0) is 43.7 Å². The minimum absolute atomic E-state index is 0.401. The number of aryl methyl sites for hydroxylation is 2. The van der Waals surface area contributed by atoms with Crippen LogP contribution in [0.15, 0.2) is 18.2 Å². The minimum Gasteiger partial charge on any atom is -0.480 e. The van der Waals surface area contributed by atoms with Gasteiger partial charge in [0.2, 0.25) is 0 Å². The Morgan fingerprint density at radius 1 is 1.47 bits per heavy atom. The maximum atomic E-state index is 11.7. The smallest absolute Gasteiger partial charge is 0.328 e. The van der Waals surface area contributed by atoms with Crippen LogP contribution >= 0.6 is 0 Å². The van der Waals surface area contributed by atoms with E-state index in [4.69, 9.17) is 0 Å². The van der Waals surface area contributed by atoms with Crippen molar-refractivity contribution >= 4 is 5.97 Å². The first-order valence-electron chi connectivity index (χ1n) is 6.23. The van der Waals surface area contributed by atoms with E-state index in [1.54, 1.807) is 0 Å². The summed E-state index contributed by atoms with van der Waals surface area (Å²) in [7, 11) is 0. The molecule has 1 fully saturated rings. The molecule has 0 heterocycles. The van der Waals surface area contributed by atoms with Crippen molar-refractivity contribution in [1.29, 1.82) is 0 Å². The van der Waals surface area contributed by atoms with Gasteiger partial charge in [-0.2, -0.15) is 0 Å². The summed E-state index contributed by atoms with van der Waals surface area (Å²) in [6.45, 7) is 2.02. The summed E-state index contributed by atoms with van der Waals surface area (Å²) < 4.78 is 0. The minimum atomic E-state index is -0.831. The van der Waals surface area contributed by atoms with Gasteiger partial charge in [-0.3, -0.25) is 5.32 Å². The van der Waals surface area contributed by atoms with Crippen LogP contribution in [0.5, 0.6) is 0 Å². The van der Waals surface area contributed by atoms with Crippen LogP contribution in [0, 0.1) is 6.92 Å². The zero-order valence-corrected chi connectivity index (χ0v) is 9.99. The summed E-state index contributed by atoms with van der Waals surface area (Å²) in [5.41, 5.74) is 2.47. The number of aliphatic carboxylic acids is 1. The lowest BCUT2D eigenvalue weighted by atomic mass is 9.90. The molecule has 0 aliphatic heterocycles. The molecule has 1 unspecified atom stereocenters. The van der Waals surface area contributed by atoms with Gasteiger partial charge in [-0.25, -0.2) is 4.79 Å². The maximum Gasteiger partial charge on any atom is 0.328 e. The van der Waals surface area contributed by atoms with Gasteiger partial charge in [0, 0.05) is 6.04 Å². The second-order valence-corrected chi connectivity index (χ2v) is 5.29. The first-order chi connectivity index (χ1) is 8.12. The van der Waals surface area contributed by atoms with Crippen LogP contribution in [0.3, 0.4) is 0 Å². The molecule has 0 radical (unpaired) electrons. The van der Waals surface area contributed by atoms with Gasteiger partial charge >= 0.3 is 5.97 Å². The molecule has 0 spiro atoms. The Morgan fingerprint density at radius 2 is 2.24 bits per heavy atom. The molecule has 0 amide bonds. The monoisotopic (exact) mass is 231 g/mol. The number of rotatable bonds is 3. The van der Waals surface area contributed by atoms with Gasteiger partial charge in [0.05, 0.1) is 0 Å². The summed E-state index contributed by atoms with van der Waals surface area (Å²) in [5.74, 6) is -0.728. The molecule has 1 atom stereocenters. The van der Waals surface area contributed by atoms with E-state index in [1.165, 1.54) is 5.56 Å². The first kappa shape index (κ1) is 10.8. The second-order valence-electron chi connectivity index (χ2n) is 5.29. The molecule has 2 aliphatic rings. The summed E-state index contributed by atoms with van der Waals surface area (Å²) in [6.07, 6.45) is 3.76. The highest BCUT2D eigenvalue weighted by atomic mass is 16.4. The fourth-order valence-electron chi connectivity index (χ4n) is 2.77. The van der Waals surface area contributed by atoms with Gasteiger partial charge in [0.25, 0.3) is 0 Å². The van der Waals surface area contributed by atoms with E-state index in [9.17, 15) is 9.90 Å². The molecule has 1 saturated carbocycles. The van der Waals surface area contributed by atoms with Crippen LogP contribution in [0.4, 0.5) is 0 Å². The number of benzene rings is 1. The molecule has 3 rings (SSSR count). The van der Waals surface area contributed by atoms with Crippen LogP contribution in [-0.4, -0.2) is 17.1 Å². The van der Waals surface area contributed by atoms with Gasteiger partial charge in [0.1, 0.15) is 5.54 Å². The van der Waals surface area contributed by atoms with E-state index in [0.29, 0.717) is 12.5 Å². The molecule has 2 aliphatic carbocycles. The highest BCUT2D eigenvalue weighted by Crippen LogP contribution is 2.40. The van der Waals surface area contributed by atoms with Crippen molar-refractivity contribution in [3.05, 3.63) is 34.9 Å². The predicted molar refractivity (Wildman–Crippen MR) is 65.0 cm³/mol. The third-order valence-corrected chi connectivity index (χ3v) is 3.89. The molecule has 90 valence electrons. The molecule has 2 N–H and O–H groups in total. The lowest BCUT2D eigenvalue weighted by Gasteiger charge is -2.27. The highest BCUT2D eigenvalue weighted by Gasteiger charge is 2.48. The second kappa shape index (κ2) is 3.57. The Balaban J connectivity index is 2.07. The van der Waals surface area contributed by atoms with Crippen LogP contribution in [0.25, 0.3) is 0 Å². The SMILES string of the molecule is Cc1ccc2c(c1)C(NC1CC1)(C(=O)O)CC2. The van der Waals surface area contributed by atoms with Crippen molar-refractivity contribution in [2.24, 2.45) is 0 Å². The topological polar surface area (TPSA) is 49.3 Å². The molecule has 0 bridgehead atoms. The molecular weight excluding hydrogens is 214 g/mol. The number of carbonyl (C=O) groups is 1. The summed E-state index contributed by atoms with van der Waals surface area (Å²) in [4.78, 5) is 11.7. The normalized spacial score (nSPS) is 26.9. The van der Waals surface area contributed by atoms with Gasteiger partial charge in [-0.15, -0.1) is 0 Å². The quantitative estimate of drug-likeness (QED) is 0.836. The standard InChI is InChI=1S/C14H17NO2/c1-9-2-3-10-6-7-14(13(16)17,12(10)8-9)15-11-4-5-11/h2-3,8,11,15H,4-7H2,1H3,(H,16,17). The number of fused-ring (bicyclic) bond motifs is 1. The average Bonchev–Trinajstić information content (AvgIpc) is 3.01. The summed E-state index contributed by atoms with van der Waals surface area (Å²) in [6, 6.07) is 6.57. The van der Waals surface area contributed by atoms with Crippen molar-refractivity contribution < 1.29 is 9.90 Å². The molecule has 1 aromatic carbocycles. The summed E-state index contributed by atoms with van der Waals surface area (Å²) >= 11 is 0. The average molecular weight is 231 g/mol. The third-order valence-electron chi connectivity index (χ3n) is 3.89. The zero-order chi connectivity index (χ0) is 12.0. The van der Waals surface area contributed by atoms with E-state index in [0.717, 1.165) is 30.4 Å². The van der Waals surface area contributed by atoms with Crippen LogP contribution in [-0.2, 0) is 16.8 Å². The Morgan fingerprint density at radius 3 is 2.88 bits per heavy atom. The van der Waals surface area contributed by atoms with Crippen molar-refractivity contribution in [2.75, 3.05) is 0 Å². The molecule has 1 aromatic rings. The van der Waals surface area contributed by atoms with E-state index in [2.05, 4.69) is 17.4 Å².